The fourth-order valence-electron chi connectivity index (χ4n) is 1.40. The molecule has 1 rings (SSSR count). The predicted molar refractivity (Wildman–Crippen MR) is 74.4 cm³/mol. The molecular formula is C14H23NS. The van der Waals surface area contributed by atoms with Crippen molar-refractivity contribution in [2.75, 3.05) is 12.3 Å². The normalized spacial score (nSPS) is 11.8. The van der Waals surface area contributed by atoms with Crippen molar-refractivity contribution in [3.05, 3.63) is 29.3 Å². The molecule has 0 fully saturated rings. The van der Waals surface area contributed by atoms with Gasteiger partial charge in [0.15, 0.2) is 0 Å². The molecule has 0 bridgehead atoms. The van der Waals surface area contributed by atoms with Gasteiger partial charge >= 0.3 is 0 Å². The third-order valence-electron chi connectivity index (χ3n) is 2.50. The van der Waals surface area contributed by atoms with Gasteiger partial charge in [-0.3, -0.25) is 0 Å². The number of aryl methyl sites for hydroxylation is 2. The number of hydrogen-bond acceptors (Lipinski definition) is 2. The van der Waals surface area contributed by atoms with E-state index >= 15 is 0 Å². The minimum Gasteiger partial charge on any atom is -0.311 e. The highest BCUT2D eigenvalue weighted by Crippen LogP contribution is 2.20. The molecule has 90 valence electrons. The SMILES string of the molecule is Cc1ccc(SCCNC(C)(C)C)cc1C. The van der Waals surface area contributed by atoms with Gasteiger partial charge in [0.05, 0.1) is 0 Å². The molecule has 0 aliphatic rings. The van der Waals surface area contributed by atoms with Gasteiger partial charge in [-0.05, 0) is 57.9 Å². The van der Waals surface area contributed by atoms with E-state index in [4.69, 9.17) is 0 Å². The maximum atomic E-state index is 3.50. The zero-order valence-electron chi connectivity index (χ0n) is 11.1. The Morgan fingerprint density at radius 2 is 1.81 bits per heavy atom. The maximum Gasteiger partial charge on any atom is 0.0106 e. The van der Waals surface area contributed by atoms with Crippen LogP contribution in [0.25, 0.3) is 0 Å². The molecular weight excluding hydrogens is 214 g/mol. The summed E-state index contributed by atoms with van der Waals surface area (Å²) in [4.78, 5) is 1.37. The molecule has 0 amide bonds. The Balaban J connectivity index is 2.35. The Kier molecular flexibility index (Phi) is 4.88. The van der Waals surface area contributed by atoms with Crippen molar-refractivity contribution in [2.45, 2.75) is 45.1 Å². The fraction of sp³-hybridized carbons (Fsp3) is 0.571. The molecule has 0 saturated carbocycles. The highest BCUT2D eigenvalue weighted by atomic mass is 32.2. The van der Waals surface area contributed by atoms with Crippen LogP contribution in [0.15, 0.2) is 23.1 Å². The van der Waals surface area contributed by atoms with Crippen LogP contribution in [0, 0.1) is 13.8 Å². The van der Waals surface area contributed by atoms with Gasteiger partial charge in [0.25, 0.3) is 0 Å². The van der Waals surface area contributed by atoms with Gasteiger partial charge in [-0.2, -0.15) is 0 Å². The minimum absolute atomic E-state index is 0.226. The number of thioether (sulfide) groups is 1. The molecule has 0 radical (unpaired) electrons. The summed E-state index contributed by atoms with van der Waals surface area (Å²) < 4.78 is 0. The Hall–Kier alpha value is -0.470. The molecule has 0 aliphatic carbocycles. The minimum atomic E-state index is 0.226. The molecule has 0 atom stereocenters. The lowest BCUT2D eigenvalue weighted by Gasteiger charge is -2.20. The van der Waals surface area contributed by atoms with Crippen LogP contribution in [0.3, 0.4) is 0 Å². The Morgan fingerprint density at radius 1 is 1.12 bits per heavy atom. The summed E-state index contributed by atoms with van der Waals surface area (Å²) in [6, 6.07) is 6.69. The summed E-state index contributed by atoms with van der Waals surface area (Å²) in [7, 11) is 0. The maximum absolute atomic E-state index is 3.50. The van der Waals surface area contributed by atoms with Crippen LogP contribution in [0.1, 0.15) is 31.9 Å². The molecule has 1 N–H and O–H groups in total. The van der Waals surface area contributed by atoms with Crippen molar-refractivity contribution in [2.24, 2.45) is 0 Å². The van der Waals surface area contributed by atoms with Gasteiger partial charge in [0, 0.05) is 22.7 Å². The van der Waals surface area contributed by atoms with E-state index in [9.17, 15) is 0 Å². The highest BCUT2D eigenvalue weighted by molar-refractivity contribution is 7.99. The van der Waals surface area contributed by atoms with Crippen LogP contribution in [-0.4, -0.2) is 17.8 Å². The van der Waals surface area contributed by atoms with E-state index in [-0.39, 0.29) is 5.54 Å². The molecule has 0 saturated heterocycles. The first-order chi connectivity index (χ1) is 7.38. The molecule has 0 aliphatic heterocycles. The lowest BCUT2D eigenvalue weighted by molar-refractivity contribution is 0.441. The summed E-state index contributed by atoms with van der Waals surface area (Å²) in [6.45, 7) is 12.0. The standard InChI is InChI=1S/C14H23NS/c1-11-6-7-13(10-12(11)2)16-9-8-15-14(3,4)5/h6-7,10,15H,8-9H2,1-5H3. The Bertz CT molecular complexity index is 339. The van der Waals surface area contributed by atoms with Gasteiger partial charge in [0.1, 0.15) is 0 Å². The van der Waals surface area contributed by atoms with E-state index < -0.39 is 0 Å². The van der Waals surface area contributed by atoms with Crippen molar-refractivity contribution in [3.63, 3.8) is 0 Å². The van der Waals surface area contributed by atoms with Gasteiger partial charge < -0.3 is 5.32 Å². The van der Waals surface area contributed by atoms with E-state index in [1.807, 2.05) is 11.8 Å². The second kappa shape index (κ2) is 5.74. The quantitative estimate of drug-likeness (QED) is 0.632. The van der Waals surface area contributed by atoms with Crippen LogP contribution in [0.2, 0.25) is 0 Å². The number of nitrogens with one attached hydrogen (secondary N) is 1. The average molecular weight is 237 g/mol. The van der Waals surface area contributed by atoms with Crippen LogP contribution < -0.4 is 5.32 Å². The second-order valence-electron chi connectivity index (χ2n) is 5.27. The zero-order chi connectivity index (χ0) is 12.2. The molecule has 1 nitrogen and oxygen atoms in total. The van der Waals surface area contributed by atoms with Crippen LogP contribution >= 0.6 is 11.8 Å². The first-order valence-electron chi connectivity index (χ1n) is 5.83. The largest absolute Gasteiger partial charge is 0.311 e. The van der Waals surface area contributed by atoms with Crippen molar-refractivity contribution in [3.8, 4) is 0 Å². The molecule has 16 heavy (non-hydrogen) atoms. The monoisotopic (exact) mass is 237 g/mol. The highest BCUT2D eigenvalue weighted by Gasteiger charge is 2.07. The molecule has 1 aromatic rings. The van der Waals surface area contributed by atoms with Gasteiger partial charge in [-0.15, -0.1) is 11.8 Å². The van der Waals surface area contributed by atoms with Crippen molar-refractivity contribution in [1.29, 1.82) is 0 Å². The third kappa shape index (κ3) is 5.04. The summed E-state index contributed by atoms with van der Waals surface area (Å²) in [5, 5.41) is 3.50. The first kappa shape index (κ1) is 13.6. The molecule has 0 spiro atoms. The van der Waals surface area contributed by atoms with E-state index in [0.29, 0.717) is 0 Å². The number of hydrogen-bond donors (Lipinski definition) is 1. The molecule has 0 heterocycles. The van der Waals surface area contributed by atoms with Gasteiger partial charge in [-0.1, -0.05) is 6.07 Å². The average Bonchev–Trinajstić information content (AvgIpc) is 2.17. The van der Waals surface area contributed by atoms with Gasteiger partial charge in [-0.25, -0.2) is 0 Å². The topological polar surface area (TPSA) is 12.0 Å². The third-order valence-corrected chi connectivity index (χ3v) is 3.50. The van der Waals surface area contributed by atoms with E-state index in [0.717, 1.165) is 12.3 Å². The van der Waals surface area contributed by atoms with Gasteiger partial charge in [0.2, 0.25) is 0 Å². The van der Waals surface area contributed by atoms with Crippen LogP contribution in [0.4, 0.5) is 0 Å². The van der Waals surface area contributed by atoms with Crippen molar-refractivity contribution in [1.82, 2.24) is 5.32 Å². The van der Waals surface area contributed by atoms with E-state index in [2.05, 4.69) is 58.1 Å². The fourth-order valence-corrected chi connectivity index (χ4v) is 2.26. The summed E-state index contributed by atoms with van der Waals surface area (Å²) >= 11 is 1.92. The molecule has 2 heteroatoms. The molecule has 0 unspecified atom stereocenters. The van der Waals surface area contributed by atoms with Crippen molar-refractivity contribution >= 4 is 11.8 Å². The number of benzene rings is 1. The number of rotatable bonds is 4. The summed E-state index contributed by atoms with van der Waals surface area (Å²) in [6.07, 6.45) is 0. The second-order valence-corrected chi connectivity index (χ2v) is 6.44. The predicted octanol–water partition coefficient (Wildman–Crippen LogP) is 3.78. The van der Waals surface area contributed by atoms with Crippen LogP contribution in [0.5, 0.6) is 0 Å². The smallest absolute Gasteiger partial charge is 0.0106 e. The first-order valence-corrected chi connectivity index (χ1v) is 6.82. The summed E-state index contributed by atoms with van der Waals surface area (Å²) in [5.41, 5.74) is 2.98. The Morgan fingerprint density at radius 3 is 2.38 bits per heavy atom. The van der Waals surface area contributed by atoms with E-state index in [1.54, 1.807) is 0 Å². The molecule has 1 aromatic carbocycles. The van der Waals surface area contributed by atoms with E-state index in [1.165, 1.54) is 16.0 Å². The summed E-state index contributed by atoms with van der Waals surface area (Å²) in [5.74, 6) is 1.12. The molecule has 0 aromatic heterocycles. The lowest BCUT2D eigenvalue weighted by atomic mass is 10.1. The van der Waals surface area contributed by atoms with Crippen LogP contribution in [-0.2, 0) is 0 Å². The zero-order valence-corrected chi connectivity index (χ0v) is 11.9. The Labute approximate surface area is 104 Å². The van der Waals surface area contributed by atoms with Crippen molar-refractivity contribution < 1.29 is 0 Å². The lowest BCUT2D eigenvalue weighted by Crippen LogP contribution is -2.37.